The van der Waals surface area contributed by atoms with Crippen LogP contribution in [-0.2, 0) is 24.3 Å². The van der Waals surface area contributed by atoms with E-state index in [2.05, 4.69) is 0 Å². The highest BCUT2D eigenvalue weighted by Gasteiger charge is 2.48. The van der Waals surface area contributed by atoms with Crippen molar-refractivity contribution in [3.8, 4) is 0 Å². The Hall–Kier alpha value is -2.17. The van der Waals surface area contributed by atoms with E-state index in [9.17, 15) is 23.1 Å². The average Bonchev–Trinajstić information content (AvgIpc) is 3.70. The fraction of sp³-hybridized carbons (Fsp3) is 0.462. The summed E-state index contributed by atoms with van der Waals surface area (Å²) in [6.07, 6.45) is -0.810. The number of sulfonamides is 1. The molecule has 0 radical (unpaired) electrons. The number of carbonyl (C=O) groups excluding carboxylic acids is 1. The van der Waals surface area contributed by atoms with Gasteiger partial charge in [0.2, 0.25) is 10.0 Å². The zero-order valence-corrected chi connectivity index (χ0v) is 22.9. The van der Waals surface area contributed by atoms with E-state index in [4.69, 9.17) is 27.9 Å². The quantitative estimate of drug-likeness (QED) is 0.446. The SMILES string of the molecule is CC[C@@H](CN(C)S(=O)(=O)C1CC1)N1C(=O)[C@H](CC(=O)O)O[C@H](c2cccc(Cl)c2)C1c1ccc(Cl)cc1. The molecule has 1 saturated carbocycles. The molecule has 0 bridgehead atoms. The van der Waals surface area contributed by atoms with Gasteiger partial charge in [0, 0.05) is 29.7 Å². The van der Waals surface area contributed by atoms with Gasteiger partial charge in [0.15, 0.2) is 0 Å². The van der Waals surface area contributed by atoms with Crippen molar-refractivity contribution in [1.29, 1.82) is 0 Å². The monoisotopic (exact) mass is 568 g/mol. The fourth-order valence-corrected chi connectivity index (χ4v) is 6.78. The van der Waals surface area contributed by atoms with E-state index in [-0.39, 0.29) is 11.8 Å². The topological polar surface area (TPSA) is 104 Å². The van der Waals surface area contributed by atoms with Gasteiger partial charge >= 0.3 is 5.97 Å². The minimum atomic E-state index is -3.48. The first-order chi connectivity index (χ1) is 17.5. The molecule has 8 nitrogen and oxygen atoms in total. The number of halogens is 2. The molecule has 1 aliphatic heterocycles. The third kappa shape index (κ3) is 6.12. The van der Waals surface area contributed by atoms with E-state index in [0.717, 1.165) is 5.56 Å². The summed E-state index contributed by atoms with van der Waals surface area (Å²) in [5.74, 6) is -1.67. The summed E-state index contributed by atoms with van der Waals surface area (Å²) in [6, 6.07) is 12.8. The van der Waals surface area contributed by atoms with E-state index in [0.29, 0.717) is 34.9 Å². The van der Waals surface area contributed by atoms with Crippen molar-refractivity contribution in [2.75, 3.05) is 13.6 Å². The zero-order valence-electron chi connectivity index (χ0n) is 20.6. The third-order valence-corrected chi connectivity index (χ3v) is 9.71. The molecular formula is C26H30Cl2N2O6S. The lowest BCUT2D eigenvalue weighted by Crippen LogP contribution is -2.57. The summed E-state index contributed by atoms with van der Waals surface area (Å²) in [7, 11) is -1.95. The molecule has 1 aliphatic carbocycles. The van der Waals surface area contributed by atoms with Gasteiger partial charge in [0.05, 0.1) is 17.7 Å². The Morgan fingerprint density at radius 3 is 2.38 bits per heavy atom. The van der Waals surface area contributed by atoms with E-state index < -0.39 is 52.6 Å². The molecular weight excluding hydrogens is 539 g/mol. The normalized spacial score (nSPS) is 23.3. The van der Waals surface area contributed by atoms with Crippen molar-refractivity contribution < 1.29 is 27.9 Å². The number of morpholine rings is 1. The van der Waals surface area contributed by atoms with Crippen LogP contribution in [0.1, 0.15) is 55.9 Å². The summed E-state index contributed by atoms with van der Waals surface area (Å²) in [5, 5.41) is 10.1. The molecule has 2 fully saturated rings. The number of nitrogens with zero attached hydrogens (tertiary/aromatic N) is 2. The van der Waals surface area contributed by atoms with Crippen LogP contribution in [0.4, 0.5) is 0 Å². The van der Waals surface area contributed by atoms with Gasteiger partial charge < -0.3 is 14.7 Å². The number of hydrogen-bond acceptors (Lipinski definition) is 5. The third-order valence-electron chi connectivity index (χ3n) is 6.89. The molecule has 1 saturated heterocycles. The van der Waals surface area contributed by atoms with Crippen molar-refractivity contribution in [3.63, 3.8) is 0 Å². The highest BCUT2D eigenvalue weighted by Crippen LogP contribution is 2.45. The van der Waals surface area contributed by atoms with Gasteiger partial charge in [-0.1, -0.05) is 54.4 Å². The Bertz CT molecular complexity index is 1250. The van der Waals surface area contributed by atoms with Crippen LogP contribution in [0.15, 0.2) is 48.5 Å². The second-order valence-electron chi connectivity index (χ2n) is 9.53. The van der Waals surface area contributed by atoms with Gasteiger partial charge in [-0.2, -0.15) is 0 Å². The molecule has 200 valence electrons. The number of amides is 1. The molecule has 11 heteroatoms. The van der Waals surface area contributed by atoms with Crippen molar-refractivity contribution >= 4 is 45.1 Å². The number of likely N-dealkylation sites (N-methyl/N-ethyl adjacent to an activating group) is 1. The smallest absolute Gasteiger partial charge is 0.306 e. The maximum Gasteiger partial charge on any atom is 0.306 e. The lowest BCUT2D eigenvalue weighted by molar-refractivity contribution is -0.183. The van der Waals surface area contributed by atoms with Gasteiger partial charge in [-0.25, -0.2) is 12.7 Å². The standard InChI is InChI=1S/C26H30Cl2N2O6S/c1-3-20(15-29(2)37(34,35)21-11-12-21)30-24(16-7-9-18(27)10-8-16)25(17-5-4-6-19(28)13-17)36-22(26(30)33)14-23(31)32/h4-10,13,20-22,24-25H,3,11-12,14-15H2,1-2H3,(H,31,32)/t20-,22-,24?,25+/m0/s1. The number of ether oxygens (including phenoxy) is 1. The molecule has 4 rings (SSSR count). The van der Waals surface area contributed by atoms with Crippen LogP contribution in [0.2, 0.25) is 10.0 Å². The van der Waals surface area contributed by atoms with Crippen molar-refractivity contribution in [3.05, 3.63) is 69.7 Å². The molecule has 2 aromatic carbocycles. The Morgan fingerprint density at radius 2 is 1.81 bits per heavy atom. The Morgan fingerprint density at radius 1 is 1.14 bits per heavy atom. The van der Waals surface area contributed by atoms with Crippen LogP contribution < -0.4 is 0 Å². The second-order valence-corrected chi connectivity index (χ2v) is 12.7. The number of carbonyl (C=O) groups is 2. The predicted octanol–water partition coefficient (Wildman–Crippen LogP) is 4.68. The summed E-state index contributed by atoms with van der Waals surface area (Å²) in [5.41, 5.74) is 1.40. The molecule has 0 spiro atoms. The van der Waals surface area contributed by atoms with E-state index >= 15 is 0 Å². The first-order valence-corrected chi connectivity index (χ1v) is 14.4. The number of carboxylic acids is 1. The highest BCUT2D eigenvalue weighted by molar-refractivity contribution is 7.90. The Balaban J connectivity index is 1.81. The maximum atomic E-state index is 13.9. The Kier molecular flexibility index (Phi) is 8.50. The first-order valence-electron chi connectivity index (χ1n) is 12.2. The number of hydrogen-bond donors (Lipinski definition) is 1. The zero-order chi connectivity index (χ0) is 26.9. The summed E-state index contributed by atoms with van der Waals surface area (Å²) in [4.78, 5) is 27.1. The van der Waals surface area contributed by atoms with E-state index in [1.807, 2.05) is 13.0 Å². The van der Waals surface area contributed by atoms with Crippen LogP contribution in [0, 0.1) is 0 Å². The minimum absolute atomic E-state index is 0.0766. The lowest BCUT2D eigenvalue weighted by Gasteiger charge is -2.48. The van der Waals surface area contributed by atoms with E-state index in [1.54, 1.807) is 47.4 Å². The molecule has 4 atom stereocenters. The van der Waals surface area contributed by atoms with Crippen LogP contribution in [-0.4, -0.2) is 65.6 Å². The molecule has 37 heavy (non-hydrogen) atoms. The number of rotatable bonds is 10. The molecule has 1 heterocycles. The Labute approximate surface area is 227 Å². The lowest BCUT2D eigenvalue weighted by atomic mass is 9.89. The number of benzene rings is 2. The van der Waals surface area contributed by atoms with Crippen molar-refractivity contribution in [1.82, 2.24) is 9.21 Å². The minimum Gasteiger partial charge on any atom is -0.481 e. The molecule has 2 aliphatic rings. The second kappa shape index (κ2) is 11.3. The number of carboxylic acid groups (broad SMARTS) is 1. The van der Waals surface area contributed by atoms with Crippen LogP contribution in [0.25, 0.3) is 0 Å². The predicted molar refractivity (Wildman–Crippen MR) is 141 cm³/mol. The fourth-order valence-electron chi connectivity index (χ4n) is 4.83. The summed E-state index contributed by atoms with van der Waals surface area (Å²) >= 11 is 12.4. The highest BCUT2D eigenvalue weighted by atomic mass is 35.5. The first kappa shape index (κ1) is 27.9. The maximum absolute atomic E-state index is 13.9. The van der Waals surface area contributed by atoms with Crippen LogP contribution in [0.5, 0.6) is 0 Å². The summed E-state index contributed by atoms with van der Waals surface area (Å²) < 4.78 is 33.4. The largest absolute Gasteiger partial charge is 0.481 e. The van der Waals surface area contributed by atoms with Gasteiger partial charge in [-0.3, -0.25) is 9.59 Å². The van der Waals surface area contributed by atoms with Gasteiger partial charge in [-0.05, 0) is 54.7 Å². The average molecular weight is 570 g/mol. The van der Waals surface area contributed by atoms with Gasteiger partial charge in [0.1, 0.15) is 12.2 Å². The van der Waals surface area contributed by atoms with Crippen LogP contribution >= 0.6 is 23.2 Å². The molecule has 1 amide bonds. The van der Waals surface area contributed by atoms with Crippen molar-refractivity contribution in [2.45, 2.75) is 62.1 Å². The van der Waals surface area contributed by atoms with Crippen LogP contribution in [0.3, 0.4) is 0 Å². The van der Waals surface area contributed by atoms with Gasteiger partial charge in [0.25, 0.3) is 5.91 Å². The molecule has 0 aromatic heterocycles. The molecule has 1 unspecified atom stereocenters. The van der Waals surface area contributed by atoms with E-state index in [1.165, 1.54) is 11.4 Å². The molecule has 2 aromatic rings. The number of aliphatic carboxylic acids is 1. The summed E-state index contributed by atoms with van der Waals surface area (Å²) in [6.45, 7) is 1.96. The van der Waals surface area contributed by atoms with Crippen molar-refractivity contribution in [2.24, 2.45) is 0 Å². The molecule has 1 N–H and O–H groups in total. The van der Waals surface area contributed by atoms with Gasteiger partial charge in [-0.15, -0.1) is 0 Å².